The number of aromatic nitrogens is 5. The number of rotatable bonds is 6. The quantitative estimate of drug-likeness (QED) is 0.699. The molecular weight excluding hydrogens is 218 g/mol. The summed E-state index contributed by atoms with van der Waals surface area (Å²) in [5.41, 5.74) is 1.52. The first-order chi connectivity index (χ1) is 8.36. The van der Waals surface area contributed by atoms with E-state index in [-0.39, 0.29) is 0 Å². The number of aryl methyl sites for hydroxylation is 1. The molecule has 2 aromatic rings. The van der Waals surface area contributed by atoms with Gasteiger partial charge in [0.05, 0.1) is 0 Å². The minimum Gasteiger partial charge on any atom is -0.368 e. The van der Waals surface area contributed by atoms with E-state index in [0.717, 1.165) is 43.0 Å². The van der Waals surface area contributed by atoms with Gasteiger partial charge in [0, 0.05) is 13.1 Å². The van der Waals surface area contributed by atoms with Crippen molar-refractivity contribution in [3.8, 4) is 0 Å². The first kappa shape index (κ1) is 11.7. The van der Waals surface area contributed by atoms with Gasteiger partial charge in [-0.3, -0.25) is 0 Å². The molecule has 0 atom stereocenters. The molecule has 0 saturated heterocycles. The van der Waals surface area contributed by atoms with Crippen LogP contribution in [0.15, 0.2) is 6.33 Å². The summed E-state index contributed by atoms with van der Waals surface area (Å²) in [4.78, 5) is 8.39. The summed E-state index contributed by atoms with van der Waals surface area (Å²) >= 11 is 0. The van der Waals surface area contributed by atoms with E-state index >= 15 is 0 Å². The summed E-state index contributed by atoms with van der Waals surface area (Å²) < 4.78 is 1.81. The van der Waals surface area contributed by atoms with Crippen molar-refractivity contribution in [1.82, 2.24) is 30.3 Å². The molecule has 0 bridgehead atoms. The van der Waals surface area contributed by atoms with Crippen LogP contribution in [0.25, 0.3) is 11.2 Å². The van der Waals surface area contributed by atoms with E-state index in [1.165, 1.54) is 6.33 Å². The van der Waals surface area contributed by atoms with Crippen LogP contribution < -0.4 is 10.6 Å². The molecule has 2 heterocycles. The monoisotopic (exact) mass is 235 g/mol. The van der Waals surface area contributed by atoms with Crippen molar-refractivity contribution in [2.75, 3.05) is 25.5 Å². The highest BCUT2D eigenvalue weighted by Gasteiger charge is 2.10. The van der Waals surface area contributed by atoms with Gasteiger partial charge in [-0.05, 0) is 26.9 Å². The molecule has 2 N–H and O–H groups in total. The Labute approximate surface area is 99.6 Å². The Balaban J connectivity index is 2.24. The Hall–Kier alpha value is -1.76. The zero-order valence-electron chi connectivity index (χ0n) is 10.1. The SMILES string of the molecule is CCNc1ncnc2c1nnn2CCCNC. The predicted molar refractivity (Wildman–Crippen MR) is 65.8 cm³/mol. The Morgan fingerprint density at radius 2 is 2.24 bits per heavy atom. The van der Waals surface area contributed by atoms with Crippen LogP contribution in [0, 0.1) is 0 Å². The van der Waals surface area contributed by atoms with Crippen molar-refractivity contribution in [2.24, 2.45) is 0 Å². The van der Waals surface area contributed by atoms with Crippen LogP contribution in [0.1, 0.15) is 13.3 Å². The van der Waals surface area contributed by atoms with Crippen LogP contribution in [0.4, 0.5) is 5.82 Å². The van der Waals surface area contributed by atoms with E-state index in [1.54, 1.807) is 0 Å². The third-order valence-electron chi connectivity index (χ3n) is 2.44. The molecular formula is C10H17N7. The summed E-state index contributed by atoms with van der Waals surface area (Å²) in [6, 6.07) is 0. The number of nitrogens with zero attached hydrogens (tertiary/aromatic N) is 5. The zero-order chi connectivity index (χ0) is 12.1. The third kappa shape index (κ3) is 2.50. The fourth-order valence-electron chi connectivity index (χ4n) is 1.64. The predicted octanol–water partition coefficient (Wildman–Crippen LogP) is 0.263. The summed E-state index contributed by atoms with van der Waals surface area (Å²) in [5.74, 6) is 0.748. The van der Waals surface area contributed by atoms with Crippen molar-refractivity contribution < 1.29 is 0 Å². The molecule has 0 unspecified atom stereocenters. The molecule has 0 radical (unpaired) electrons. The first-order valence-corrected chi connectivity index (χ1v) is 5.79. The van der Waals surface area contributed by atoms with Gasteiger partial charge >= 0.3 is 0 Å². The maximum absolute atomic E-state index is 4.23. The molecule has 92 valence electrons. The second-order valence-corrected chi connectivity index (χ2v) is 3.69. The lowest BCUT2D eigenvalue weighted by molar-refractivity contribution is 0.555. The van der Waals surface area contributed by atoms with Crippen LogP contribution >= 0.6 is 0 Å². The molecule has 0 amide bonds. The molecule has 0 fully saturated rings. The lowest BCUT2D eigenvalue weighted by Gasteiger charge is -2.03. The second-order valence-electron chi connectivity index (χ2n) is 3.69. The molecule has 0 saturated carbocycles. The van der Waals surface area contributed by atoms with Gasteiger partial charge in [-0.15, -0.1) is 5.10 Å². The van der Waals surface area contributed by atoms with E-state index in [4.69, 9.17) is 0 Å². The molecule has 0 aromatic carbocycles. The number of anilines is 1. The van der Waals surface area contributed by atoms with Gasteiger partial charge in [-0.1, -0.05) is 5.21 Å². The van der Waals surface area contributed by atoms with E-state index < -0.39 is 0 Å². The van der Waals surface area contributed by atoms with Crippen molar-refractivity contribution in [3.63, 3.8) is 0 Å². The van der Waals surface area contributed by atoms with E-state index in [9.17, 15) is 0 Å². The Kier molecular flexibility index (Phi) is 3.81. The van der Waals surface area contributed by atoms with Crippen LogP contribution in [-0.4, -0.2) is 45.1 Å². The summed E-state index contributed by atoms with van der Waals surface area (Å²) in [5, 5.41) is 14.5. The average molecular weight is 235 g/mol. The molecule has 17 heavy (non-hydrogen) atoms. The van der Waals surface area contributed by atoms with Crippen molar-refractivity contribution in [3.05, 3.63) is 6.33 Å². The third-order valence-corrected chi connectivity index (χ3v) is 2.44. The van der Waals surface area contributed by atoms with E-state index in [2.05, 4.69) is 30.9 Å². The van der Waals surface area contributed by atoms with Gasteiger partial charge in [0.25, 0.3) is 0 Å². The summed E-state index contributed by atoms with van der Waals surface area (Å²) in [6.07, 6.45) is 2.54. The lowest BCUT2D eigenvalue weighted by atomic mass is 10.4. The smallest absolute Gasteiger partial charge is 0.183 e. The molecule has 2 aromatic heterocycles. The fourth-order valence-corrected chi connectivity index (χ4v) is 1.64. The van der Waals surface area contributed by atoms with Gasteiger partial charge in [0.2, 0.25) is 0 Å². The Bertz CT molecular complexity index is 478. The van der Waals surface area contributed by atoms with Crippen LogP contribution in [0.5, 0.6) is 0 Å². The van der Waals surface area contributed by atoms with Crippen molar-refractivity contribution in [2.45, 2.75) is 19.9 Å². The van der Waals surface area contributed by atoms with Crippen molar-refractivity contribution in [1.29, 1.82) is 0 Å². The number of hydrogen-bond donors (Lipinski definition) is 2. The van der Waals surface area contributed by atoms with Gasteiger partial charge in [-0.2, -0.15) is 0 Å². The minimum atomic E-state index is 0.735. The summed E-state index contributed by atoms with van der Waals surface area (Å²) in [7, 11) is 1.94. The van der Waals surface area contributed by atoms with Crippen LogP contribution in [0.3, 0.4) is 0 Å². The lowest BCUT2D eigenvalue weighted by Crippen LogP contribution is -2.12. The van der Waals surface area contributed by atoms with E-state index in [0.29, 0.717) is 0 Å². The largest absolute Gasteiger partial charge is 0.368 e. The van der Waals surface area contributed by atoms with Gasteiger partial charge in [-0.25, -0.2) is 14.6 Å². The number of hydrogen-bond acceptors (Lipinski definition) is 6. The molecule has 2 rings (SSSR count). The van der Waals surface area contributed by atoms with Crippen molar-refractivity contribution >= 4 is 17.0 Å². The normalized spacial score (nSPS) is 10.9. The Morgan fingerprint density at radius 1 is 1.35 bits per heavy atom. The zero-order valence-corrected chi connectivity index (χ0v) is 10.1. The minimum absolute atomic E-state index is 0.735. The topological polar surface area (TPSA) is 80.6 Å². The molecule has 0 aliphatic carbocycles. The first-order valence-electron chi connectivity index (χ1n) is 5.79. The van der Waals surface area contributed by atoms with Gasteiger partial charge < -0.3 is 10.6 Å². The van der Waals surface area contributed by atoms with Gasteiger partial charge in [0.15, 0.2) is 17.0 Å². The number of nitrogens with one attached hydrogen (secondary N) is 2. The maximum Gasteiger partial charge on any atom is 0.183 e. The highest BCUT2D eigenvalue weighted by molar-refractivity contribution is 5.81. The van der Waals surface area contributed by atoms with Crippen LogP contribution in [0.2, 0.25) is 0 Å². The average Bonchev–Trinajstić information content (AvgIpc) is 2.75. The van der Waals surface area contributed by atoms with E-state index in [1.807, 2.05) is 18.7 Å². The maximum atomic E-state index is 4.23. The summed E-state index contributed by atoms with van der Waals surface area (Å²) in [6.45, 7) is 4.58. The highest BCUT2D eigenvalue weighted by atomic mass is 15.4. The molecule has 7 heteroatoms. The highest BCUT2D eigenvalue weighted by Crippen LogP contribution is 2.15. The fraction of sp³-hybridized carbons (Fsp3) is 0.600. The molecule has 0 aliphatic heterocycles. The van der Waals surface area contributed by atoms with Crippen LogP contribution in [-0.2, 0) is 6.54 Å². The molecule has 0 aliphatic rings. The number of fused-ring (bicyclic) bond motifs is 1. The van der Waals surface area contributed by atoms with Gasteiger partial charge in [0.1, 0.15) is 6.33 Å². The molecule has 0 spiro atoms. The standard InChI is InChI=1S/C10H17N7/c1-3-12-9-8-10(14-7-13-9)17(16-15-8)6-4-5-11-2/h7,11H,3-6H2,1-2H3,(H,12,13,14). The molecule has 7 nitrogen and oxygen atoms in total. The Morgan fingerprint density at radius 3 is 3.00 bits per heavy atom. The second kappa shape index (κ2) is 5.53.